The molecule has 6 nitrogen and oxygen atoms in total. The summed E-state index contributed by atoms with van der Waals surface area (Å²) >= 11 is 0. The van der Waals surface area contributed by atoms with E-state index in [0.29, 0.717) is 5.75 Å². The molecule has 1 amide bonds. The van der Waals surface area contributed by atoms with E-state index < -0.39 is 6.04 Å². The predicted octanol–water partition coefficient (Wildman–Crippen LogP) is 0.186. The fourth-order valence-corrected chi connectivity index (χ4v) is 2.83. The molecule has 0 spiro atoms. The van der Waals surface area contributed by atoms with Gasteiger partial charge in [0.2, 0.25) is 5.91 Å². The molecule has 0 aromatic carbocycles. The Labute approximate surface area is 166 Å². The first-order valence-corrected chi connectivity index (χ1v) is 7.77. The van der Waals surface area contributed by atoms with E-state index >= 15 is 0 Å². The zero-order valence-corrected chi connectivity index (χ0v) is 18.7. The Kier molecular flexibility index (Phi) is 21.7. The Bertz CT molecular complexity index is 301. The molecule has 0 aliphatic heterocycles. The van der Waals surface area contributed by atoms with Crippen LogP contribution in [0.5, 0.6) is 0 Å². The smallest absolute Gasteiger partial charge is 0.230 e. The van der Waals surface area contributed by atoms with Crippen LogP contribution in [0.15, 0.2) is 0 Å². The summed E-state index contributed by atoms with van der Waals surface area (Å²) in [5.41, 5.74) is 7.31. The monoisotopic (exact) mass is 564 g/mol. The molecule has 2 unspecified atom stereocenters. The van der Waals surface area contributed by atoms with Gasteiger partial charge in [-0.25, -0.2) is 6.29 Å². The van der Waals surface area contributed by atoms with Gasteiger partial charge in [-0.1, -0.05) is 33.7 Å². The number of hydrogen-bond acceptors (Lipinski definition) is 6. The Morgan fingerprint density at radius 2 is 1.95 bits per heavy atom. The summed E-state index contributed by atoms with van der Waals surface area (Å²) in [5.74, 6) is 0.273. The second kappa shape index (κ2) is 16.6. The molecule has 0 fully saturated rings. The van der Waals surface area contributed by atoms with Crippen LogP contribution in [0.2, 0.25) is 0 Å². The van der Waals surface area contributed by atoms with Crippen molar-refractivity contribution in [2.45, 2.75) is 19.0 Å². The summed E-state index contributed by atoms with van der Waals surface area (Å²) in [7, 11) is 4.39. The predicted molar refractivity (Wildman–Crippen MR) is 75.3 cm³/mol. The number of hydrogen-bond donors (Lipinski definition) is 2. The normalized spacial score (nSPS) is 12.3. The minimum absolute atomic E-state index is 0. The Morgan fingerprint density at radius 1 is 1.35 bits per heavy atom. The average molecular weight is 564 g/mol. The van der Waals surface area contributed by atoms with Gasteiger partial charge < -0.3 is 26.0 Å². The first kappa shape index (κ1) is 26.1. The number of amides is 1. The zero-order chi connectivity index (χ0) is 14.0. The molecule has 0 saturated heterocycles. The zero-order valence-electron chi connectivity index (χ0n) is 11.3. The summed E-state index contributed by atoms with van der Waals surface area (Å²) in [6.07, 6.45) is 1.83. The van der Waals surface area contributed by atoms with Crippen LogP contribution in [-0.4, -0.2) is 55.2 Å². The summed E-state index contributed by atoms with van der Waals surface area (Å²) < 4.78 is 0. The van der Waals surface area contributed by atoms with Crippen LogP contribution >= 0.6 is 21.6 Å². The van der Waals surface area contributed by atoms with E-state index in [4.69, 9.17) is 5.73 Å². The minimum Gasteiger partial charge on any atom is -0.667 e. The van der Waals surface area contributed by atoms with Gasteiger partial charge in [0.1, 0.15) is 5.78 Å². The van der Waals surface area contributed by atoms with E-state index in [1.807, 2.05) is 6.29 Å². The number of carbonyl (C=O) groups is 2. The molecule has 20 heavy (non-hydrogen) atoms. The number of nitrogens with one attached hydrogen (secondary N) is 3. The fourth-order valence-electron chi connectivity index (χ4n) is 0.798. The second-order valence-electron chi connectivity index (χ2n) is 3.47. The van der Waals surface area contributed by atoms with Crippen molar-refractivity contribution in [3.8, 4) is 0 Å². The van der Waals surface area contributed by atoms with Crippen LogP contribution in [0.1, 0.15) is 6.92 Å². The van der Waals surface area contributed by atoms with Crippen molar-refractivity contribution < 1.29 is 68.2 Å². The van der Waals surface area contributed by atoms with Crippen molar-refractivity contribution in [2.75, 3.05) is 25.1 Å². The third kappa shape index (κ3) is 14.2. The number of ketones is 1. The largest absolute Gasteiger partial charge is 0.667 e. The maximum Gasteiger partial charge on any atom is 0.230 e. The van der Waals surface area contributed by atoms with E-state index in [2.05, 4.69) is 10.6 Å². The molecule has 0 rings (SSSR count). The Balaban J connectivity index is -0.00000144. The molecule has 0 heterocycles. The molecule has 1 radical (unpaired) electrons. The molecule has 0 aromatic heterocycles. The topological polar surface area (TPSA) is 99.1 Å². The maximum absolute atomic E-state index is 11.3. The van der Waals surface area contributed by atoms with E-state index in [9.17, 15) is 14.4 Å². The van der Waals surface area contributed by atoms with Gasteiger partial charge in [0.15, 0.2) is 0 Å². The van der Waals surface area contributed by atoms with Crippen molar-refractivity contribution >= 4 is 39.6 Å². The van der Waals surface area contributed by atoms with Crippen LogP contribution in [0.25, 0.3) is 5.73 Å². The van der Waals surface area contributed by atoms with Crippen LogP contribution in [0.4, 0.5) is 0 Å². The minimum atomic E-state index is -0.898. The van der Waals surface area contributed by atoms with E-state index in [0.717, 1.165) is 0 Å². The average Bonchev–Trinajstić information content (AvgIpc) is 2.35. The van der Waals surface area contributed by atoms with Gasteiger partial charge in [-0.05, 0) is 19.7 Å². The molecule has 10 heteroatoms. The summed E-state index contributed by atoms with van der Waals surface area (Å²) in [6, 6.07) is -1.23. The molecule has 113 valence electrons. The third-order valence-corrected chi connectivity index (χ3v) is 4.27. The molecule has 0 aliphatic carbocycles. The molecule has 0 saturated carbocycles. The van der Waals surface area contributed by atoms with Crippen molar-refractivity contribution in [3.05, 3.63) is 5.73 Å². The van der Waals surface area contributed by atoms with Gasteiger partial charge in [0.25, 0.3) is 0 Å². The molecule has 0 aliphatic rings. The Morgan fingerprint density at radius 3 is 2.40 bits per heavy atom. The molecule has 0 aromatic rings. The molecule has 2 atom stereocenters. The molecular formula is C10H17N3O3S2WY-2. The van der Waals surface area contributed by atoms with E-state index in [1.165, 1.54) is 28.5 Å². The van der Waals surface area contributed by atoms with Gasteiger partial charge in [-0.3, -0.25) is 4.79 Å². The summed E-state index contributed by atoms with van der Waals surface area (Å²) in [4.78, 5) is 32.5. The Hall–Kier alpha value is 1.22. The van der Waals surface area contributed by atoms with E-state index in [-0.39, 0.29) is 83.8 Å². The number of Topliss-reactive ketones (excluding diaryl/α,β-unsaturated/α-hetero) is 1. The first-order valence-electron chi connectivity index (χ1n) is 5.28. The van der Waals surface area contributed by atoms with Gasteiger partial charge in [0.05, 0.1) is 5.75 Å². The van der Waals surface area contributed by atoms with E-state index in [1.54, 1.807) is 7.05 Å². The van der Waals surface area contributed by atoms with Crippen molar-refractivity contribution in [1.29, 1.82) is 0 Å². The van der Waals surface area contributed by atoms with Gasteiger partial charge >= 0.3 is 0 Å². The van der Waals surface area contributed by atoms with Crippen LogP contribution < -0.4 is 10.6 Å². The standard InChI is InChI=1S/C10H17N3O3S2.W.Y/c1-7(15)9(11)3-13-10(16)6-18-17-5-8(4-14)12-2;;/h8-9,11-12H,3,5-6H2,1-2H3,(H,13,16);;/q-2;;. The van der Waals surface area contributed by atoms with Crippen LogP contribution in [0, 0.1) is 0 Å². The number of rotatable bonds is 10. The fraction of sp³-hybridized carbons (Fsp3) is 0.700. The quantitative estimate of drug-likeness (QED) is 0.224. The van der Waals surface area contributed by atoms with Crippen LogP contribution in [-0.2, 0) is 68.2 Å². The number of likely N-dealkylation sites (N-methyl/N-ethyl adjacent to an activating group) is 1. The summed E-state index contributed by atoms with van der Waals surface area (Å²) in [5, 5.41) is 5.28. The molecule has 0 bridgehead atoms. The van der Waals surface area contributed by atoms with Crippen molar-refractivity contribution in [2.24, 2.45) is 0 Å². The van der Waals surface area contributed by atoms with Crippen molar-refractivity contribution in [1.82, 2.24) is 10.6 Å². The van der Waals surface area contributed by atoms with Gasteiger partial charge in [-0.15, -0.1) is 0 Å². The summed E-state index contributed by atoms with van der Waals surface area (Å²) in [6.45, 7) is 1.36. The second-order valence-corrected chi connectivity index (χ2v) is 5.98. The third-order valence-electron chi connectivity index (χ3n) is 1.99. The maximum atomic E-state index is 11.3. The number of carbonyl (C=O) groups excluding carboxylic acids is 3. The first-order chi connectivity index (χ1) is 8.51. The molecular weight excluding hydrogens is 547 g/mol. The van der Waals surface area contributed by atoms with Gasteiger partial charge in [0, 0.05) is 60.3 Å². The molecule has 3 N–H and O–H groups in total. The van der Waals surface area contributed by atoms with Gasteiger partial charge in [-0.2, -0.15) is 0 Å². The van der Waals surface area contributed by atoms with Crippen LogP contribution in [0.3, 0.4) is 0 Å². The van der Waals surface area contributed by atoms with Crippen molar-refractivity contribution in [3.63, 3.8) is 0 Å². The SMILES string of the molecule is CNC([C-]=O)CSSCC(=O)NCC([NH-])C(C)=O.[W].[Y].